The van der Waals surface area contributed by atoms with Crippen molar-refractivity contribution < 1.29 is 265 Å². The van der Waals surface area contributed by atoms with Gasteiger partial charge in [-0.05, 0) is 76.1 Å². The van der Waals surface area contributed by atoms with Crippen LogP contribution < -0.4 is 199 Å². The molecular formula is C32H18N6Na6O20S6. The number of fused-ring (bicyclic) bond motifs is 2. The Morgan fingerprint density at radius 3 is 1.19 bits per heavy atom. The second kappa shape index (κ2) is 25.2. The first-order chi connectivity index (χ1) is 29.2. The number of hydrogen-bond donors (Lipinski definition) is 4. The molecule has 0 aliphatic rings. The molecule has 0 radical (unpaired) electrons. The average molecular weight is 1140 g/mol. The van der Waals surface area contributed by atoms with Crippen LogP contribution in [0.5, 0.6) is 11.5 Å². The van der Waals surface area contributed by atoms with E-state index in [-0.39, 0.29) is 177 Å². The van der Waals surface area contributed by atoms with Crippen LogP contribution in [0.4, 0.5) is 34.1 Å². The van der Waals surface area contributed by atoms with Gasteiger partial charge >= 0.3 is 177 Å². The molecule has 0 spiro atoms. The van der Waals surface area contributed by atoms with Crippen LogP contribution in [0.1, 0.15) is 0 Å². The van der Waals surface area contributed by atoms with Gasteiger partial charge in [-0.2, -0.15) is 27.1 Å². The van der Waals surface area contributed by atoms with Crippen LogP contribution >= 0.6 is 0 Å². The summed E-state index contributed by atoms with van der Waals surface area (Å²) in [5.74, 6) is -2.63. The van der Waals surface area contributed by atoms with Gasteiger partial charge in [-0.25, -0.2) is 33.7 Å². The Bertz CT molecular complexity index is 3600. The van der Waals surface area contributed by atoms with Crippen LogP contribution in [0.25, 0.3) is 32.7 Å². The van der Waals surface area contributed by atoms with Crippen molar-refractivity contribution in [1.29, 1.82) is 0 Å². The molecule has 26 nitrogen and oxygen atoms in total. The number of nitrogens with zero attached hydrogens (tertiary/aromatic N) is 4. The van der Waals surface area contributed by atoms with Gasteiger partial charge in [-0.15, -0.1) is 10.2 Å². The van der Waals surface area contributed by atoms with E-state index >= 15 is 0 Å². The maximum atomic E-state index is 13.4. The van der Waals surface area contributed by atoms with Crippen molar-refractivity contribution in [1.82, 2.24) is 0 Å². The maximum absolute atomic E-state index is 13.4. The Labute approximate surface area is 529 Å². The van der Waals surface area contributed by atoms with E-state index in [1.807, 2.05) is 0 Å². The number of azo groups is 2. The van der Waals surface area contributed by atoms with Crippen molar-refractivity contribution in [3.63, 3.8) is 0 Å². The topological polar surface area (TPSA) is 485 Å². The van der Waals surface area contributed by atoms with Crippen LogP contribution in [0.3, 0.4) is 0 Å². The molecule has 6 aromatic rings. The summed E-state index contributed by atoms with van der Waals surface area (Å²) >= 11 is 0. The monoisotopic (exact) mass is 1140 g/mol. The summed E-state index contributed by atoms with van der Waals surface area (Å²) in [7, 11) is -32.6. The van der Waals surface area contributed by atoms with Gasteiger partial charge in [-0.1, -0.05) is 29.7 Å². The average Bonchev–Trinajstić information content (AvgIpc) is 3.14. The fraction of sp³-hybridized carbons (Fsp3) is 0. The summed E-state index contributed by atoms with van der Waals surface area (Å²) in [6.45, 7) is 0. The zero-order valence-corrected chi connectivity index (χ0v) is 53.5. The summed E-state index contributed by atoms with van der Waals surface area (Å²) in [4.78, 5) is -7.17. The van der Waals surface area contributed by atoms with E-state index in [4.69, 9.17) is 11.5 Å². The molecule has 6 aromatic carbocycles. The molecule has 0 amide bonds. The molecule has 338 valence electrons. The molecule has 6 N–H and O–H groups in total. The van der Waals surface area contributed by atoms with Crippen LogP contribution in [0, 0.1) is 0 Å². The summed E-state index contributed by atoms with van der Waals surface area (Å²) in [5.41, 5.74) is 5.13. The predicted molar refractivity (Wildman–Crippen MR) is 207 cm³/mol. The fourth-order valence-electron chi connectivity index (χ4n) is 6.05. The first-order valence-electron chi connectivity index (χ1n) is 16.2. The van der Waals surface area contributed by atoms with Crippen molar-refractivity contribution in [2.75, 3.05) is 11.5 Å². The number of benzene rings is 6. The summed E-state index contributed by atoms with van der Waals surface area (Å²) in [6.07, 6.45) is 0. The smallest absolute Gasteiger partial charge is 0.872 e. The molecule has 0 saturated carbocycles. The Kier molecular flexibility index (Phi) is 25.1. The largest absolute Gasteiger partial charge is 1.00 e. The quantitative estimate of drug-likeness (QED) is 0.0405. The van der Waals surface area contributed by atoms with Gasteiger partial charge in [0.05, 0.1) is 42.3 Å². The van der Waals surface area contributed by atoms with Crippen LogP contribution in [-0.4, -0.2) is 77.8 Å². The van der Waals surface area contributed by atoms with Gasteiger partial charge in [-0.3, -0.25) is 9.11 Å². The molecule has 0 unspecified atom stereocenters. The number of nitrogen functional groups attached to an aromatic ring is 2. The molecule has 0 atom stereocenters. The first-order valence-corrected chi connectivity index (χ1v) is 24.7. The van der Waals surface area contributed by atoms with Crippen molar-refractivity contribution >= 4 is 116 Å². The molecule has 0 aromatic heterocycles. The van der Waals surface area contributed by atoms with Crippen LogP contribution in [-0.2, 0) is 60.7 Å². The van der Waals surface area contributed by atoms with E-state index in [0.717, 1.165) is 18.2 Å². The van der Waals surface area contributed by atoms with E-state index in [9.17, 15) is 88.0 Å². The molecule has 6 rings (SSSR count). The minimum atomic E-state index is -5.70. The zero-order valence-electron chi connectivity index (χ0n) is 36.6. The maximum Gasteiger partial charge on any atom is 1.00 e. The van der Waals surface area contributed by atoms with Crippen molar-refractivity contribution in [3.8, 4) is 22.6 Å². The molecular weight excluding hydrogens is 1120 g/mol. The molecule has 0 heterocycles. The Balaban J connectivity index is 0.00000793. The summed E-state index contributed by atoms with van der Waals surface area (Å²) in [6, 6.07) is 7.13. The third kappa shape index (κ3) is 15.4. The second-order valence-electron chi connectivity index (χ2n) is 12.8. The fourth-order valence-corrected chi connectivity index (χ4v) is 9.86. The van der Waals surface area contributed by atoms with Crippen molar-refractivity contribution in [3.05, 3.63) is 72.8 Å². The van der Waals surface area contributed by atoms with E-state index in [1.54, 1.807) is 0 Å². The van der Waals surface area contributed by atoms with Gasteiger partial charge in [0.1, 0.15) is 56.0 Å². The SMILES string of the molecule is Nc1cc(S(=O)(=O)[O-])cc2cc(S(=O)(=O)O)c(N=Nc3ccc(-c4ccc(N=Nc5c(S(=O)(=O)O)cc6cc(S(=O)(=O)[O-])cc([O-])c6c5N)cc4S(=O)(=O)[O-])c(S(=O)(=O)[O-])c3)c([O-])c12.[Na+].[Na+].[Na+].[Na+].[Na+].[Na+]. The van der Waals surface area contributed by atoms with Gasteiger partial charge in [0.25, 0.3) is 20.2 Å². The second-order valence-corrected chi connectivity index (χ2v) is 21.1. The summed E-state index contributed by atoms with van der Waals surface area (Å²) < 4.78 is 213. The number of anilines is 2. The third-order valence-corrected chi connectivity index (χ3v) is 13.8. The third-order valence-electron chi connectivity index (χ3n) is 8.71. The molecule has 0 aliphatic carbocycles. The van der Waals surface area contributed by atoms with Crippen LogP contribution in [0.15, 0.2) is 123 Å². The number of hydrogen-bond acceptors (Lipinski definition) is 24. The van der Waals surface area contributed by atoms with E-state index in [1.165, 1.54) is 0 Å². The standard InChI is InChI=1S/C32H24N6O20S6.6Na/c33-21-11-17(59(41,42)43)5-13-7-26(64(56,57)58)31(32(40)27(13)21)38-36-16-2-4-20(24(10-16)62(50,51)52)19-3-1-15(9-23(19)61(47,48)49)35-37-30-25(63(53,54)55)8-14-6-18(60(44,45)46)12-22(39)28(14)29(30)34;;;;;;/h1-12,39-40H,33-34H2,(H,41,42,43)(H,44,45,46)(H,47,48,49)(H,50,51,52)(H,53,54,55)(H,56,57,58);;;;;;/q;6*+1/p-6. The van der Waals surface area contributed by atoms with Gasteiger partial charge in [0, 0.05) is 16.8 Å². The summed E-state index contributed by atoms with van der Waals surface area (Å²) in [5, 5.41) is 38.0. The van der Waals surface area contributed by atoms with Gasteiger partial charge in [0.15, 0.2) is 0 Å². The normalized spacial score (nSPS) is 12.3. The van der Waals surface area contributed by atoms with E-state index in [2.05, 4.69) is 20.5 Å². The Hall–Kier alpha value is -0.300. The van der Waals surface area contributed by atoms with Gasteiger partial charge < -0.3 is 39.9 Å². The Morgan fingerprint density at radius 2 is 0.800 bits per heavy atom. The minimum Gasteiger partial charge on any atom is -0.872 e. The zero-order chi connectivity index (χ0) is 47.9. The molecule has 0 saturated heterocycles. The Morgan fingerprint density at radius 1 is 0.429 bits per heavy atom. The molecule has 0 aliphatic heterocycles. The first kappa shape index (κ1) is 69.7. The molecule has 38 heteroatoms. The molecule has 70 heavy (non-hydrogen) atoms. The van der Waals surface area contributed by atoms with Crippen molar-refractivity contribution in [2.24, 2.45) is 20.5 Å². The number of rotatable bonds is 11. The predicted octanol–water partition coefficient (Wildman–Crippen LogP) is -16.1. The van der Waals surface area contributed by atoms with Crippen LogP contribution in [0.2, 0.25) is 0 Å². The number of nitrogens with two attached hydrogens (primary N) is 2. The van der Waals surface area contributed by atoms with Crippen molar-refractivity contribution in [2.45, 2.75) is 29.4 Å². The van der Waals surface area contributed by atoms with Gasteiger partial charge in [0.2, 0.25) is 0 Å². The minimum absolute atomic E-state index is 0. The molecule has 0 fully saturated rings. The van der Waals surface area contributed by atoms with E-state index < -0.39 is 168 Å². The van der Waals surface area contributed by atoms with E-state index in [0.29, 0.717) is 54.6 Å². The molecule has 0 bridgehead atoms.